The number of aliphatic hydroxyl groups excluding tert-OH is 2. The Morgan fingerprint density at radius 1 is 0.600 bits per heavy atom. The molecule has 2 aromatic rings. The number of hydrogen-bond acceptors (Lipinski definition) is 6. The van der Waals surface area contributed by atoms with Gasteiger partial charge in [-0.3, -0.25) is 9.59 Å². The maximum Gasteiger partial charge on any atom is 0.306 e. The first-order valence-electron chi connectivity index (χ1n) is 14.7. The van der Waals surface area contributed by atoms with E-state index in [2.05, 4.69) is 27.7 Å². The smallest absolute Gasteiger partial charge is 0.306 e. The molecule has 0 radical (unpaired) electrons. The van der Waals surface area contributed by atoms with Crippen LogP contribution in [0.5, 0.6) is 0 Å². The van der Waals surface area contributed by atoms with E-state index >= 15 is 0 Å². The fourth-order valence-corrected chi connectivity index (χ4v) is 4.54. The zero-order valence-electron chi connectivity index (χ0n) is 24.9. The predicted octanol–water partition coefficient (Wildman–Crippen LogP) is 7.15. The zero-order chi connectivity index (χ0) is 29.4. The van der Waals surface area contributed by atoms with Crippen molar-refractivity contribution in [2.45, 2.75) is 117 Å². The van der Waals surface area contributed by atoms with Gasteiger partial charge in [-0.05, 0) is 73.3 Å². The molecule has 0 saturated heterocycles. The van der Waals surface area contributed by atoms with Crippen molar-refractivity contribution in [1.29, 1.82) is 0 Å². The number of aliphatic hydroxyl groups is 2. The average Bonchev–Trinajstić information content (AvgIpc) is 2.95. The Bertz CT molecular complexity index is 905. The molecule has 0 bridgehead atoms. The van der Waals surface area contributed by atoms with Crippen LogP contribution >= 0.6 is 0 Å². The summed E-state index contributed by atoms with van der Waals surface area (Å²) in [5.41, 5.74) is 1.78. The highest BCUT2D eigenvalue weighted by Gasteiger charge is 2.23. The van der Waals surface area contributed by atoms with Gasteiger partial charge in [0.15, 0.2) is 0 Å². The second kappa shape index (κ2) is 17.2. The van der Waals surface area contributed by atoms with Gasteiger partial charge in [-0.25, -0.2) is 0 Å². The number of carbonyl (C=O) groups excluding carboxylic acids is 2. The molecule has 6 heteroatoms. The Labute approximate surface area is 241 Å². The van der Waals surface area contributed by atoms with Crippen molar-refractivity contribution in [2.24, 2.45) is 10.8 Å². The Hall–Kier alpha value is -2.70. The third-order valence-corrected chi connectivity index (χ3v) is 7.64. The summed E-state index contributed by atoms with van der Waals surface area (Å²) in [6.07, 6.45) is 5.10. The third kappa shape index (κ3) is 15.2. The molecule has 0 aliphatic heterocycles. The molecule has 222 valence electrons. The van der Waals surface area contributed by atoms with Gasteiger partial charge in [0.1, 0.15) is 13.2 Å². The SMILES string of the molecule is CC(C)(CCC(=O)OCc1ccccc1)CCC(O)CCC(O)CCC(C)(C)CCC(=O)OCc1ccccc1. The molecule has 2 N–H and O–H groups in total. The molecule has 0 fully saturated rings. The molecule has 2 unspecified atom stereocenters. The number of benzene rings is 2. The molecule has 2 atom stereocenters. The number of hydrogen-bond donors (Lipinski definition) is 2. The Balaban J connectivity index is 1.56. The summed E-state index contributed by atoms with van der Waals surface area (Å²) < 4.78 is 10.8. The van der Waals surface area contributed by atoms with Crippen LogP contribution in [0.1, 0.15) is 103 Å². The van der Waals surface area contributed by atoms with Crippen LogP contribution in [0.15, 0.2) is 60.7 Å². The van der Waals surface area contributed by atoms with E-state index in [0.717, 1.165) is 24.0 Å². The normalized spacial score (nSPS) is 13.4. The van der Waals surface area contributed by atoms with Crippen molar-refractivity contribution >= 4 is 11.9 Å². The highest BCUT2D eigenvalue weighted by Crippen LogP contribution is 2.31. The van der Waals surface area contributed by atoms with Gasteiger partial charge in [-0.2, -0.15) is 0 Å². The van der Waals surface area contributed by atoms with Crippen LogP contribution in [0.4, 0.5) is 0 Å². The van der Waals surface area contributed by atoms with Crippen LogP contribution in [-0.4, -0.2) is 34.4 Å². The van der Waals surface area contributed by atoms with Crippen LogP contribution in [0, 0.1) is 10.8 Å². The second-order valence-corrected chi connectivity index (χ2v) is 12.6. The Kier molecular flexibility index (Phi) is 14.4. The first kappa shape index (κ1) is 33.5. The maximum absolute atomic E-state index is 12.1. The van der Waals surface area contributed by atoms with Crippen LogP contribution in [0.25, 0.3) is 0 Å². The molecule has 0 aliphatic carbocycles. The molecular weight excluding hydrogens is 504 g/mol. The molecule has 0 aliphatic rings. The minimum Gasteiger partial charge on any atom is -0.461 e. The molecule has 6 nitrogen and oxygen atoms in total. The standard InChI is InChI=1S/C34H50O6/c1-33(2,23-19-31(37)39-25-27-11-7-5-8-12-27)21-17-29(35)15-16-30(36)18-22-34(3,4)24-20-32(38)40-26-28-13-9-6-10-14-28/h5-14,29-30,35-36H,15-26H2,1-4H3. The first-order chi connectivity index (χ1) is 18.9. The van der Waals surface area contributed by atoms with Gasteiger partial charge in [0, 0.05) is 12.8 Å². The minimum absolute atomic E-state index is 0.0857. The second-order valence-electron chi connectivity index (χ2n) is 12.6. The van der Waals surface area contributed by atoms with Gasteiger partial charge in [-0.1, -0.05) is 88.4 Å². The van der Waals surface area contributed by atoms with E-state index in [9.17, 15) is 19.8 Å². The van der Waals surface area contributed by atoms with Crippen LogP contribution in [0.2, 0.25) is 0 Å². The van der Waals surface area contributed by atoms with E-state index in [-0.39, 0.29) is 22.8 Å². The Morgan fingerprint density at radius 2 is 0.950 bits per heavy atom. The van der Waals surface area contributed by atoms with Gasteiger partial charge in [0.2, 0.25) is 0 Å². The largest absolute Gasteiger partial charge is 0.461 e. The summed E-state index contributed by atoms with van der Waals surface area (Å²) in [6, 6.07) is 19.3. The van der Waals surface area contributed by atoms with Gasteiger partial charge in [0.25, 0.3) is 0 Å². The quantitative estimate of drug-likeness (QED) is 0.179. The molecule has 2 rings (SSSR count). The summed E-state index contributed by atoms with van der Waals surface area (Å²) in [4.78, 5) is 24.3. The van der Waals surface area contributed by atoms with Gasteiger partial charge < -0.3 is 19.7 Å². The topological polar surface area (TPSA) is 93.1 Å². The monoisotopic (exact) mass is 554 g/mol. The van der Waals surface area contributed by atoms with Crippen molar-refractivity contribution in [2.75, 3.05) is 0 Å². The van der Waals surface area contributed by atoms with E-state index in [4.69, 9.17) is 9.47 Å². The Morgan fingerprint density at radius 3 is 1.30 bits per heavy atom. The lowest BCUT2D eigenvalue weighted by Gasteiger charge is -2.27. The first-order valence-corrected chi connectivity index (χ1v) is 14.7. The van der Waals surface area contributed by atoms with Crippen molar-refractivity contribution < 1.29 is 29.3 Å². The molecule has 0 saturated carbocycles. The van der Waals surface area contributed by atoms with Crippen LogP contribution < -0.4 is 0 Å². The molecule has 0 amide bonds. The molecule has 0 aromatic heterocycles. The summed E-state index contributed by atoms with van der Waals surface area (Å²) in [7, 11) is 0. The van der Waals surface area contributed by atoms with Gasteiger partial charge in [0.05, 0.1) is 12.2 Å². The lowest BCUT2D eigenvalue weighted by atomic mass is 9.81. The number of ether oxygens (including phenoxy) is 2. The van der Waals surface area contributed by atoms with Crippen LogP contribution in [0.3, 0.4) is 0 Å². The summed E-state index contributed by atoms with van der Waals surface area (Å²) in [6.45, 7) is 9.02. The maximum atomic E-state index is 12.1. The fraction of sp³-hybridized carbons (Fsp3) is 0.588. The van der Waals surface area contributed by atoms with Crippen LogP contribution in [-0.2, 0) is 32.3 Å². The van der Waals surface area contributed by atoms with E-state index in [1.165, 1.54) is 0 Å². The summed E-state index contributed by atoms with van der Waals surface area (Å²) >= 11 is 0. The number of carbonyl (C=O) groups is 2. The van der Waals surface area contributed by atoms with E-state index in [0.29, 0.717) is 64.6 Å². The molecule has 0 spiro atoms. The number of rotatable bonds is 19. The van der Waals surface area contributed by atoms with Gasteiger partial charge >= 0.3 is 11.9 Å². The minimum atomic E-state index is -0.480. The van der Waals surface area contributed by atoms with Crippen molar-refractivity contribution in [3.05, 3.63) is 71.8 Å². The summed E-state index contributed by atoms with van der Waals surface area (Å²) in [5.74, 6) is -0.403. The molecule has 2 aromatic carbocycles. The fourth-order valence-electron chi connectivity index (χ4n) is 4.54. The molecule has 40 heavy (non-hydrogen) atoms. The predicted molar refractivity (Wildman–Crippen MR) is 158 cm³/mol. The molecule has 0 heterocycles. The third-order valence-electron chi connectivity index (χ3n) is 7.64. The van der Waals surface area contributed by atoms with Crippen molar-refractivity contribution in [3.63, 3.8) is 0 Å². The highest BCUT2D eigenvalue weighted by atomic mass is 16.5. The van der Waals surface area contributed by atoms with Crippen molar-refractivity contribution in [1.82, 2.24) is 0 Å². The summed E-state index contributed by atoms with van der Waals surface area (Å²) in [5, 5.41) is 21.0. The lowest BCUT2D eigenvalue weighted by Crippen LogP contribution is -2.21. The molecular formula is C34H50O6. The lowest BCUT2D eigenvalue weighted by molar-refractivity contribution is -0.146. The van der Waals surface area contributed by atoms with E-state index < -0.39 is 12.2 Å². The van der Waals surface area contributed by atoms with E-state index in [1.807, 2.05) is 60.7 Å². The average molecular weight is 555 g/mol. The van der Waals surface area contributed by atoms with Crippen molar-refractivity contribution in [3.8, 4) is 0 Å². The highest BCUT2D eigenvalue weighted by molar-refractivity contribution is 5.69. The zero-order valence-corrected chi connectivity index (χ0v) is 24.9. The van der Waals surface area contributed by atoms with Gasteiger partial charge in [-0.15, -0.1) is 0 Å². The number of esters is 2. The van der Waals surface area contributed by atoms with E-state index in [1.54, 1.807) is 0 Å².